The van der Waals surface area contributed by atoms with Crippen molar-refractivity contribution in [1.82, 2.24) is 4.98 Å². The number of anilines is 1. The average Bonchev–Trinajstić information content (AvgIpc) is 3.23. The second-order valence-electron chi connectivity index (χ2n) is 5.62. The summed E-state index contributed by atoms with van der Waals surface area (Å²) in [7, 11) is 0. The standard InChI is InChI=1S/C17H12ClFN2OS/c18-10-3-6-14-15(7-10)23-17(20-14)21-16(22)13-8-12(13)9-1-4-11(19)5-2-9/h1-7,12-13H,8H2,(H,20,21,22). The van der Waals surface area contributed by atoms with Gasteiger partial charge in [0.2, 0.25) is 5.91 Å². The number of benzene rings is 2. The first kappa shape index (κ1) is 14.6. The van der Waals surface area contributed by atoms with Gasteiger partial charge in [0.1, 0.15) is 5.82 Å². The predicted molar refractivity (Wildman–Crippen MR) is 90.5 cm³/mol. The van der Waals surface area contributed by atoms with Crippen LogP contribution in [0.15, 0.2) is 42.5 Å². The molecule has 0 saturated heterocycles. The van der Waals surface area contributed by atoms with Crippen molar-refractivity contribution < 1.29 is 9.18 Å². The van der Waals surface area contributed by atoms with E-state index in [-0.39, 0.29) is 23.6 Å². The Bertz CT molecular complexity index is 893. The minimum atomic E-state index is -0.261. The summed E-state index contributed by atoms with van der Waals surface area (Å²) < 4.78 is 13.9. The van der Waals surface area contributed by atoms with Crippen LogP contribution in [-0.2, 0) is 4.79 Å². The Morgan fingerprint density at radius 3 is 2.83 bits per heavy atom. The molecule has 2 aromatic carbocycles. The minimum absolute atomic E-state index is 0.0375. The van der Waals surface area contributed by atoms with Gasteiger partial charge >= 0.3 is 0 Å². The number of nitrogens with zero attached hydrogens (tertiary/aromatic N) is 1. The number of nitrogens with one attached hydrogen (secondary N) is 1. The summed E-state index contributed by atoms with van der Waals surface area (Å²) in [5.41, 5.74) is 1.82. The molecule has 1 aliphatic rings. The number of hydrogen-bond acceptors (Lipinski definition) is 3. The zero-order chi connectivity index (χ0) is 16.0. The van der Waals surface area contributed by atoms with Gasteiger partial charge in [-0.2, -0.15) is 0 Å². The van der Waals surface area contributed by atoms with Crippen molar-refractivity contribution in [2.45, 2.75) is 12.3 Å². The lowest BCUT2D eigenvalue weighted by Crippen LogP contribution is -2.14. The lowest BCUT2D eigenvalue weighted by atomic mass is 10.1. The van der Waals surface area contributed by atoms with Gasteiger partial charge in [-0.1, -0.05) is 35.1 Å². The third kappa shape index (κ3) is 2.94. The van der Waals surface area contributed by atoms with Crippen LogP contribution in [0.2, 0.25) is 5.02 Å². The molecular weight excluding hydrogens is 335 g/mol. The second kappa shape index (κ2) is 5.58. The minimum Gasteiger partial charge on any atom is -0.302 e. The number of fused-ring (bicyclic) bond motifs is 1. The molecule has 0 bridgehead atoms. The first-order valence-corrected chi connectivity index (χ1v) is 8.42. The van der Waals surface area contributed by atoms with E-state index >= 15 is 0 Å². The van der Waals surface area contributed by atoms with Crippen molar-refractivity contribution in [3.63, 3.8) is 0 Å². The van der Waals surface area contributed by atoms with Crippen LogP contribution in [0.5, 0.6) is 0 Å². The Morgan fingerprint density at radius 2 is 2.04 bits per heavy atom. The van der Waals surface area contributed by atoms with Gasteiger partial charge < -0.3 is 5.32 Å². The van der Waals surface area contributed by atoms with E-state index in [0.717, 1.165) is 22.2 Å². The number of rotatable bonds is 3. The highest BCUT2D eigenvalue weighted by Gasteiger charge is 2.44. The van der Waals surface area contributed by atoms with Crippen LogP contribution in [-0.4, -0.2) is 10.9 Å². The Hall–Kier alpha value is -1.98. The zero-order valence-corrected chi connectivity index (χ0v) is 13.5. The third-order valence-corrected chi connectivity index (χ3v) is 5.17. The first-order valence-electron chi connectivity index (χ1n) is 7.22. The zero-order valence-electron chi connectivity index (χ0n) is 11.9. The molecule has 3 aromatic rings. The number of amides is 1. The molecule has 1 amide bonds. The molecule has 2 unspecified atom stereocenters. The third-order valence-electron chi connectivity index (χ3n) is 4.01. The van der Waals surface area contributed by atoms with Crippen molar-refractivity contribution in [2.24, 2.45) is 5.92 Å². The first-order chi connectivity index (χ1) is 11.1. The molecule has 1 aromatic heterocycles. The van der Waals surface area contributed by atoms with Crippen molar-refractivity contribution in [3.05, 3.63) is 58.9 Å². The lowest BCUT2D eigenvalue weighted by Gasteiger charge is -2.01. The van der Waals surface area contributed by atoms with Crippen LogP contribution in [0.25, 0.3) is 10.2 Å². The molecule has 116 valence electrons. The van der Waals surface area contributed by atoms with E-state index in [4.69, 9.17) is 11.6 Å². The maximum absolute atomic E-state index is 12.9. The van der Waals surface area contributed by atoms with Crippen LogP contribution >= 0.6 is 22.9 Å². The van der Waals surface area contributed by atoms with Crippen LogP contribution in [0.4, 0.5) is 9.52 Å². The molecule has 1 fully saturated rings. The Morgan fingerprint density at radius 1 is 1.26 bits per heavy atom. The molecule has 3 nitrogen and oxygen atoms in total. The maximum atomic E-state index is 12.9. The summed E-state index contributed by atoms with van der Waals surface area (Å²) >= 11 is 7.36. The molecule has 1 heterocycles. The maximum Gasteiger partial charge on any atom is 0.229 e. The molecule has 0 radical (unpaired) electrons. The van der Waals surface area contributed by atoms with Gasteiger partial charge in [0.05, 0.1) is 10.2 Å². The fraction of sp³-hybridized carbons (Fsp3) is 0.176. The number of aromatic nitrogens is 1. The summed E-state index contributed by atoms with van der Waals surface area (Å²) in [5.74, 6) is -0.205. The highest BCUT2D eigenvalue weighted by molar-refractivity contribution is 7.22. The summed E-state index contributed by atoms with van der Waals surface area (Å²) in [6, 6.07) is 11.8. The fourth-order valence-electron chi connectivity index (χ4n) is 2.71. The van der Waals surface area contributed by atoms with E-state index < -0.39 is 0 Å². The van der Waals surface area contributed by atoms with Gasteiger partial charge in [0.15, 0.2) is 5.13 Å². The van der Waals surface area contributed by atoms with Gasteiger partial charge in [0, 0.05) is 10.9 Å². The monoisotopic (exact) mass is 346 g/mol. The highest BCUT2D eigenvalue weighted by atomic mass is 35.5. The number of hydrogen-bond donors (Lipinski definition) is 1. The van der Waals surface area contributed by atoms with Gasteiger partial charge in [0.25, 0.3) is 0 Å². The van der Waals surface area contributed by atoms with Crippen molar-refractivity contribution >= 4 is 44.2 Å². The summed E-state index contributed by atoms with van der Waals surface area (Å²) in [6.45, 7) is 0. The highest BCUT2D eigenvalue weighted by Crippen LogP contribution is 2.48. The number of carbonyl (C=O) groups excluding carboxylic acids is 1. The number of thiazole rings is 1. The Balaban J connectivity index is 1.46. The van der Waals surface area contributed by atoms with Crippen LogP contribution in [0.1, 0.15) is 17.9 Å². The average molecular weight is 347 g/mol. The van der Waals surface area contributed by atoms with Crippen LogP contribution < -0.4 is 5.32 Å². The molecular formula is C17H12ClFN2OS. The summed E-state index contributed by atoms with van der Waals surface area (Å²) in [6.07, 6.45) is 0.786. The normalized spacial score (nSPS) is 19.7. The topological polar surface area (TPSA) is 42.0 Å². The molecule has 4 rings (SSSR count). The largest absolute Gasteiger partial charge is 0.302 e. The van der Waals surface area contributed by atoms with E-state index in [0.29, 0.717) is 10.2 Å². The molecule has 6 heteroatoms. The van der Waals surface area contributed by atoms with E-state index in [9.17, 15) is 9.18 Å². The van der Waals surface area contributed by atoms with E-state index in [1.165, 1.54) is 23.5 Å². The SMILES string of the molecule is O=C(Nc1nc2ccc(Cl)cc2s1)C1CC1c1ccc(F)cc1. The fourth-order valence-corrected chi connectivity index (χ4v) is 3.86. The van der Waals surface area contributed by atoms with Gasteiger partial charge in [-0.15, -0.1) is 0 Å². The molecule has 0 spiro atoms. The van der Waals surface area contributed by atoms with Gasteiger partial charge in [-0.25, -0.2) is 9.37 Å². The van der Waals surface area contributed by atoms with Crippen molar-refractivity contribution in [2.75, 3.05) is 5.32 Å². The molecule has 2 atom stereocenters. The molecule has 1 saturated carbocycles. The lowest BCUT2D eigenvalue weighted by molar-refractivity contribution is -0.117. The summed E-state index contributed by atoms with van der Waals surface area (Å²) in [5, 5.41) is 4.11. The van der Waals surface area contributed by atoms with Crippen molar-refractivity contribution in [3.8, 4) is 0 Å². The second-order valence-corrected chi connectivity index (χ2v) is 7.09. The van der Waals surface area contributed by atoms with E-state index in [2.05, 4.69) is 10.3 Å². The Labute approximate surface area is 141 Å². The van der Waals surface area contributed by atoms with Gasteiger partial charge in [-0.3, -0.25) is 4.79 Å². The van der Waals surface area contributed by atoms with E-state index in [1.54, 1.807) is 18.2 Å². The molecule has 1 aliphatic carbocycles. The van der Waals surface area contributed by atoms with Crippen molar-refractivity contribution in [1.29, 1.82) is 0 Å². The quantitative estimate of drug-likeness (QED) is 0.738. The smallest absolute Gasteiger partial charge is 0.229 e. The van der Waals surface area contributed by atoms with Crippen LogP contribution in [0, 0.1) is 11.7 Å². The molecule has 1 N–H and O–H groups in total. The number of carbonyl (C=O) groups is 1. The number of halogens is 2. The van der Waals surface area contributed by atoms with Crippen LogP contribution in [0.3, 0.4) is 0 Å². The molecule has 0 aliphatic heterocycles. The Kier molecular flexibility index (Phi) is 3.54. The summed E-state index contributed by atoms with van der Waals surface area (Å²) in [4.78, 5) is 16.7. The van der Waals surface area contributed by atoms with Gasteiger partial charge in [-0.05, 0) is 48.2 Å². The van der Waals surface area contributed by atoms with E-state index in [1.807, 2.05) is 12.1 Å². The predicted octanol–water partition coefficient (Wildman–Crippen LogP) is 4.83. The molecule has 23 heavy (non-hydrogen) atoms.